The molecule has 1 heterocycles. The van der Waals surface area contributed by atoms with Gasteiger partial charge < -0.3 is 0 Å². The second-order valence-corrected chi connectivity index (χ2v) is 7.04. The van der Waals surface area contributed by atoms with Crippen LogP contribution >= 0.6 is 11.6 Å². The molecule has 9 heteroatoms. The van der Waals surface area contributed by atoms with Gasteiger partial charge in [-0.05, 0) is 36.6 Å². The van der Waals surface area contributed by atoms with Crippen LogP contribution in [0.3, 0.4) is 0 Å². The Morgan fingerprint density at radius 3 is 2.19 bits per heavy atom. The van der Waals surface area contributed by atoms with Gasteiger partial charge in [-0.3, -0.25) is 14.9 Å². The Kier molecular flexibility index (Phi) is 4.60. The highest BCUT2D eigenvalue weighted by Crippen LogP contribution is 2.26. The Labute approximate surface area is 126 Å². The number of benzene rings is 1. The van der Waals surface area contributed by atoms with Crippen molar-refractivity contribution in [2.45, 2.75) is 17.7 Å². The maximum Gasteiger partial charge on any atom is 0.269 e. The topological polar surface area (TPSA) is 97.6 Å². The third-order valence-electron chi connectivity index (χ3n) is 3.46. The Morgan fingerprint density at radius 1 is 1.24 bits per heavy atom. The molecule has 1 aromatic rings. The number of carbonyl (C=O) groups is 1. The van der Waals surface area contributed by atoms with E-state index in [0.29, 0.717) is 12.8 Å². The van der Waals surface area contributed by atoms with Crippen LogP contribution in [-0.4, -0.2) is 36.0 Å². The molecule has 0 aliphatic carbocycles. The van der Waals surface area contributed by atoms with Gasteiger partial charge in [0.1, 0.15) is 0 Å². The molecule has 2 rings (SSSR count). The second kappa shape index (κ2) is 6.08. The number of nitro groups is 1. The summed E-state index contributed by atoms with van der Waals surface area (Å²) in [6.07, 6.45) is 0.767. The molecular weight excluding hydrogens is 320 g/mol. The van der Waals surface area contributed by atoms with Gasteiger partial charge in [0.05, 0.1) is 9.82 Å². The third-order valence-corrected chi connectivity index (χ3v) is 5.68. The van der Waals surface area contributed by atoms with Gasteiger partial charge in [-0.2, -0.15) is 4.31 Å². The number of rotatable bonds is 4. The van der Waals surface area contributed by atoms with Gasteiger partial charge in [0.15, 0.2) is 0 Å². The van der Waals surface area contributed by atoms with E-state index >= 15 is 0 Å². The van der Waals surface area contributed by atoms with Gasteiger partial charge in [0.25, 0.3) is 5.69 Å². The van der Waals surface area contributed by atoms with E-state index in [0.717, 1.165) is 12.1 Å². The summed E-state index contributed by atoms with van der Waals surface area (Å²) < 4.78 is 26.0. The highest BCUT2D eigenvalue weighted by molar-refractivity contribution is 7.89. The van der Waals surface area contributed by atoms with Gasteiger partial charge >= 0.3 is 0 Å². The van der Waals surface area contributed by atoms with E-state index < -0.39 is 20.2 Å². The highest BCUT2D eigenvalue weighted by atomic mass is 35.5. The summed E-state index contributed by atoms with van der Waals surface area (Å²) in [6.45, 7) is 0.422. The Balaban J connectivity index is 2.15. The van der Waals surface area contributed by atoms with Crippen molar-refractivity contribution in [2.24, 2.45) is 5.92 Å². The maximum absolute atomic E-state index is 12.4. The molecule has 1 fully saturated rings. The van der Waals surface area contributed by atoms with Crippen LogP contribution in [0.5, 0.6) is 0 Å². The van der Waals surface area contributed by atoms with Crippen molar-refractivity contribution in [1.82, 2.24) is 4.31 Å². The van der Waals surface area contributed by atoms with Crippen molar-refractivity contribution in [3.8, 4) is 0 Å². The van der Waals surface area contributed by atoms with Gasteiger partial charge in [-0.25, -0.2) is 8.42 Å². The van der Waals surface area contributed by atoms with E-state index in [9.17, 15) is 23.3 Å². The fourth-order valence-electron chi connectivity index (χ4n) is 2.21. The smallest absolute Gasteiger partial charge is 0.269 e. The number of nitrogens with zero attached hydrogens (tertiary/aromatic N) is 2. The van der Waals surface area contributed by atoms with E-state index in [2.05, 4.69) is 0 Å². The minimum absolute atomic E-state index is 0.00347. The molecule has 0 unspecified atom stereocenters. The first-order valence-corrected chi connectivity index (χ1v) is 8.08. The molecule has 7 nitrogen and oxygen atoms in total. The lowest BCUT2D eigenvalue weighted by atomic mass is 10.00. The second-order valence-electron chi connectivity index (χ2n) is 4.73. The van der Waals surface area contributed by atoms with Gasteiger partial charge in [0.2, 0.25) is 15.3 Å². The van der Waals surface area contributed by atoms with Crippen LogP contribution in [0, 0.1) is 16.0 Å². The standard InChI is InChI=1S/C12H13ClN2O5S/c13-12(16)9-5-7-14(8-6-9)21(19,20)11-3-1-10(2-4-11)15(17)18/h1-4,9H,5-8H2. The molecule has 114 valence electrons. The van der Waals surface area contributed by atoms with Crippen molar-refractivity contribution in [3.63, 3.8) is 0 Å². The molecule has 1 saturated heterocycles. The number of halogens is 1. The Morgan fingerprint density at radius 2 is 1.76 bits per heavy atom. The number of hydrogen-bond acceptors (Lipinski definition) is 5. The van der Waals surface area contributed by atoms with Crippen LogP contribution in [0.1, 0.15) is 12.8 Å². The molecule has 0 radical (unpaired) electrons. The maximum atomic E-state index is 12.4. The van der Waals surface area contributed by atoms with Crippen molar-refractivity contribution in [2.75, 3.05) is 13.1 Å². The Hall–Kier alpha value is -1.51. The van der Waals surface area contributed by atoms with Gasteiger partial charge in [0, 0.05) is 31.1 Å². The van der Waals surface area contributed by atoms with E-state index in [1.54, 1.807) is 0 Å². The molecule has 1 aromatic carbocycles. The molecule has 0 aromatic heterocycles. The number of hydrogen-bond donors (Lipinski definition) is 0. The molecule has 21 heavy (non-hydrogen) atoms. The van der Waals surface area contributed by atoms with Crippen LogP contribution in [0.15, 0.2) is 29.2 Å². The van der Waals surface area contributed by atoms with Crippen molar-refractivity contribution >= 4 is 32.6 Å². The summed E-state index contributed by atoms with van der Waals surface area (Å²) in [4.78, 5) is 21.0. The predicted octanol–water partition coefficient (Wildman–Crippen LogP) is 1.76. The monoisotopic (exact) mass is 332 g/mol. The quantitative estimate of drug-likeness (QED) is 0.475. The summed E-state index contributed by atoms with van der Waals surface area (Å²) >= 11 is 5.41. The summed E-state index contributed by atoms with van der Waals surface area (Å²) in [5, 5.41) is 10.1. The van der Waals surface area contributed by atoms with Crippen LogP contribution in [0.4, 0.5) is 5.69 Å². The molecule has 0 amide bonds. The molecule has 1 aliphatic heterocycles. The first kappa shape index (κ1) is 15.9. The third kappa shape index (κ3) is 3.39. The van der Waals surface area contributed by atoms with Crippen molar-refractivity contribution in [3.05, 3.63) is 34.4 Å². The molecule has 0 N–H and O–H groups in total. The average molecular weight is 333 g/mol. The van der Waals surface area contributed by atoms with Gasteiger partial charge in [-0.15, -0.1) is 0 Å². The van der Waals surface area contributed by atoms with E-state index in [1.165, 1.54) is 16.4 Å². The average Bonchev–Trinajstić information content (AvgIpc) is 2.47. The van der Waals surface area contributed by atoms with Crippen LogP contribution in [-0.2, 0) is 14.8 Å². The molecule has 0 bridgehead atoms. The fourth-order valence-corrected chi connectivity index (χ4v) is 3.90. The van der Waals surface area contributed by atoms with E-state index in [4.69, 9.17) is 11.6 Å². The van der Waals surface area contributed by atoms with Crippen molar-refractivity contribution in [1.29, 1.82) is 0 Å². The van der Waals surface area contributed by atoms with Crippen LogP contribution in [0.25, 0.3) is 0 Å². The van der Waals surface area contributed by atoms with E-state index in [-0.39, 0.29) is 29.6 Å². The summed E-state index contributed by atoms with van der Waals surface area (Å²) in [6, 6.07) is 4.74. The molecule has 0 spiro atoms. The normalized spacial score (nSPS) is 17.6. The summed E-state index contributed by atoms with van der Waals surface area (Å²) in [7, 11) is -3.70. The number of nitro benzene ring substituents is 1. The van der Waals surface area contributed by atoms with Crippen LogP contribution < -0.4 is 0 Å². The lowest BCUT2D eigenvalue weighted by molar-refractivity contribution is -0.384. The summed E-state index contributed by atoms with van der Waals surface area (Å²) in [5.74, 6) is -0.310. The zero-order valence-corrected chi connectivity index (χ0v) is 12.5. The molecule has 0 saturated carbocycles. The van der Waals surface area contributed by atoms with E-state index in [1.807, 2.05) is 0 Å². The Bertz CT molecular complexity index is 651. The zero-order chi connectivity index (χ0) is 15.6. The number of piperidine rings is 1. The number of non-ortho nitro benzene ring substituents is 1. The lowest BCUT2D eigenvalue weighted by Gasteiger charge is -2.29. The first-order chi connectivity index (χ1) is 9.82. The lowest BCUT2D eigenvalue weighted by Crippen LogP contribution is -2.39. The summed E-state index contributed by atoms with van der Waals surface area (Å²) in [5.41, 5.74) is -0.166. The minimum atomic E-state index is -3.70. The minimum Gasteiger partial charge on any atom is -0.281 e. The molecule has 1 aliphatic rings. The highest BCUT2D eigenvalue weighted by Gasteiger charge is 2.31. The molecule has 0 atom stereocenters. The largest absolute Gasteiger partial charge is 0.281 e. The van der Waals surface area contributed by atoms with Crippen LogP contribution in [0.2, 0.25) is 0 Å². The number of sulfonamides is 1. The fraction of sp³-hybridized carbons (Fsp3) is 0.417. The first-order valence-electron chi connectivity index (χ1n) is 6.26. The SMILES string of the molecule is O=C(Cl)C1CCN(S(=O)(=O)c2ccc([N+](=O)[O-])cc2)CC1. The van der Waals surface area contributed by atoms with Gasteiger partial charge in [-0.1, -0.05) is 0 Å². The predicted molar refractivity (Wildman–Crippen MR) is 75.4 cm³/mol. The van der Waals surface area contributed by atoms with Crippen molar-refractivity contribution < 1.29 is 18.1 Å². The zero-order valence-electron chi connectivity index (χ0n) is 10.9. The number of carbonyl (C=O) groups excluding carboxylic acids is 1. The molecular formula is C12H13ClN2O5S.